The molecule has 8 nitrogen and oxygen atoms in total. The molecule has 0 saturated carbocycles. The Morgan fingerprint density at radius 1 is 1.20 bits per heavy atom. The number of oxime groups is 1. The van der Waals surface area contributed by atoms with Crippen molar-refractivity contribution in [2.75, 3.05) is 6.26 Å². The fourth-order valence-electron chi connectivity index (χ4n) is 2.03. The van der Waals surface area contributed by atoms with Crippen molar-refractivity contribution in [1.29, 1.82) is 0 Å². The summed E-state index contributed by atoms with van der Waals surface area (Å²) >= 11 is 1.31. The van der Waals surface area contributed by atoms with Gasteiger partial charge in [-0.3, -0.25) is 14.4 Å². The topological polar surface area (TPSA) is 112 Å². The lowest BCUT2D eigenvalue weighted by molar-refractivity contribution is -0.384. The van der Waals surface area contributed by atoms with Crippen molar-refractivity contribution in [3.8, 4) is 0 Å². The molecule has 3 aromatic rings. The fraction of sp³-hybridized carbons (Fsp3) is 0.0667. The van der Waals surface area contributed by atoms with E-state index in [9.17, 15) is 18.5 Å². The van der Waals surface area contributed by atoms with Crippen LogP contribution >= 0.6 is 11.3 Å². The van der Waals surface area contributed by atoms with Gasteiger partial charge in [0.25, 0.3) is 5.69 Å². The Morgan fingerprint density at radius 3 is 2.48 bits per heavy atom. The zero-order chi connectivity index (χ0) is 18.0. The first kappa shape index (κ1) is 17.0. The zero-order valence-electron chi connectivity index (χ0n) is 12.8. The molecule has 0 bridgehead atoms. The summed E-state index contributed by atoms with van der Waals surface area (Å²) in [5, 5.41) is 14.9. The van der Waals surface area contributed by atoms with Crippen LogP contribution < -0.4 is 0 Å². The van der Waals surface area contributed by atoms with Crippen LogP contribution in [0.5, 0.6) is 0 Å². The number of hydrogen-bond acceptors (Lipinski definition) is 8. The highest BCUT2D eigenvalue weighted by molar-refractivity contribution is 7.85. The zero-order valence-corrected chi connectivity index (χ0v) is 14.5. The molecule has 3 rings (SSSR count). The lowest BCUT2D eigenvalue weighted by Crippen LogP contribution is -2.07. The predicted octanol–water partition coefficient (Wildman–Crippen LogP) is 2.93. The lowest BCUT2D eigenvalue weighted by atomic mass is 10.1. The quantitative estimate of drug-likeness (QED) is 0.384. The minimum atomic E-state index is -3.81. The molecule has 0 spiro atoms. The Morgan fingerprint density at radius 2 is 1.88 bits per heavy atom. The number of nitrogens with zero attached hydrogens (tertiary/aromatic N) is 3. The molecule has 0 saturated heterocycles. The van der Waals surface area contributed by atoms with E-state index >= 15 is 0 Å². The number of hydrogen-bond donors (Lipinski definition) is 0. The van der Waals surface area contributed by atoms with Gasteiger partial charge in [0, 0.05) is 17.7 Å². The van der Waals surface area contributed by atoms with Gasteiger partial charge in [0.05, 0.1) is 21.4 Å². The number of para-hydroxylation sites is 1. The Labute approximate surface area is 146 Å². The molecule has 0 aliphatic rings. The van der Waals surface area contributed by atoms with Crippen LogP contribution in [0.1, 0.15) is 10.6 Å². The normalized spacial score (nSPS) is 12.3. The molecule has 0 aliphatic carbocycles. The maximum Gasteiger partial charge on any atom is 0.325 e. The largest absolute Gasteiger partial charge is 0.325 e. The van der Waals surface area contributed by atoms with Crippen LogP contribution in [0.3, 0.4) is 0 Å². The van der Waals surface area contributed by atoms with E-state index < -0.39 is 15.0 Å². The summed E-state index contributed by atoms with van der Waals surface area (Å²) in [6.07, 6.45) is 0.877. The first-order valence-corrected chi connectivity index (χ1v) is 9.54. The van der Waals surface area contributed by atoms with Gasteiger partial charge in [-0.1, -0.05) is 17.3 Å². The van der Waals surface area contributed by atoms with Gasteiger partial charge >= 0.3 is 10.1 Å². The third kappa shape index (κ3) is 3.98. The van der Waals surface area contributed by atoms with Gasteiger partial charge in [-0.25, -0.2) is 4.98 Å². The summed E-state index contributed by atoms with van der Waals surface area (Å²) in [4.78, 5) is 14.7. The molecule has 0 fully saturated rings. The van der Waals surface area contributed by atoms with Gasteiger partial charge in [0.15, 0.2) is 0 Å². The van der Waals surface area contributed by atoms with Crippen molar-refractivity contribution in [2.45, 2.75) is 0 Å². The summed E-state index contributed by atoms with van der Waals surface area (Å²) in [6, 6.07) is 12.9. The van der Waals surface area contributed by atoms with Crippen LogP contribution in [0.15, 0.2) is 53.7 Å². The first-order valence-electron chi connectivity index (χ1n) is 6.91. The van der Waals surface area contributed by atoms with E-state index in [0.717, 1.165) is 16.5 Å². The van der Waals surface area contributed by atoms with Gasteiger partial charge in [-0.15, -0.1) is 11.3 Å². The molecule has 1 heterocycles. The molecular weight excluding hydrogens is 366 g/mol. The number of thiazole rings is 1. The molecular formula is C15H11N3O5S2. The Kier molecular flexibility index (Phi) is 4.47. The van der Waals surface area contributed by atoms with Gasteiger partial charge in [-0.05, 0) is 24.3 Å². The van der Waals surface area contributed by atoms with Crippen molar-refractivity contribution in [3.05, 3.63) is 69.2 Å². The number of nitro benzene ring substituents is 1. The maximum absolute atomic E-state index is 11.3. The van der Waals surface area contributed by atoms with Crippen molar-refractivity contribution >= 4 is 43.1 Å². The van der Waals surface area contributed by atoms with Crippen molar-refractivity contribution in [2.24, 2.45) is 5.16 Å². The van der Waals surface area contributed by atoms with Gasteiger partial charge < -0.3 is 0 Å². The highest BCUT2D eigenvalue weighted by Gasteiger charge is 2.16. The molecule has 10 heteroatoms. The van der Waals surface area contributed by atoms with Crippen molar-refractivity contribution in [3.63, 3.8) is 0 Å². The fourth-order valence-corrected chi connectivity index (χ4v) is 3.21. The highest BCUT2D eigenvalue weighted by atomic mass is 32.2. The van der Waals surface area contributed by atoms with Crippen LogP contribution in [-0.4, -0.2) is 30.3 Å². The number of aromatic nitrogens is 1. The average molecular weight is 377 g/mol. The summed E-state index contributed by atoms with van der Waals surface area (Å²) < 4.78 is 28.0. The van der Waals surface area contributed by atoms with E-state index in [2.05, 4.69) is 14.4 Å². The molecule has 0 aliphatic heterocycles. The molecule has 128 valence electrons. The second-order valence-corrected chi connectivity index (χ2v) is 7.60. The third-order valence-electron chi connectivity index (χ3n) is 3.11. The van der Waals surface area contributed by atoms with Crippen LogP contribution in [0.2, 0.25) is 0 Å². The molecule has 2 aromatic carbocycles. The average Bonchev–Trinajstić information content (AvgIpc) is 2.98. The number of benzene rings is 2. The van der Waals surface area contributed by atoms with Gasteiger partial charge in [0.1, 0.15) is 10.7 Å². The SMILES string of the molecule is CS(=O)(=O)O/N=C(\c1ccc([N+](=O)[O-])cc1)c1nc2ccccc2s1. The first-order chi connectivity index (χ1) is 11.8. The second kappa shape index (κ2) is 6.57. The lowest BCUT2D eigenvalue weighted by Gasteiger charge is -2.03. The highest BCUT2D eigenvalue weighted by Crippen LogP contribution is 2.25. The van der Waals surface area contributed by atoms with E-state index in [1.165, 1.54) is 35.6 Å². The van der Waals surface area contributed by atoms with Crippen LogP contribution in [-0.2, 0) is 14.4 Å². The van der Waals surface area contributed by atoms with Gasteiger partial charge in [-0.2, -0.15) is 8.42 Å². The second-order valence-electron chi connectivity index (χ2n) is 5.01. The Hall–Kier alpha value is -2.85. The van der Waals surface area contributed by atoms with E-state index in [1.54, 1.807) is 0 Å². The number of fused-ring (bicyclic) bond motifs is 1. The van der Waals surface area contributed by atoms with Gasteiger partial charge in [0.2, 0.25) is 0 Å². The summed E-state index contributed by atoms with van der Waals surface area (Å²) in [7, 11) is -3.81. The Bertz CT molecular complexity index is 1040. The predicted molar refractivity (Wildman–Crippen MR) is 94.3 cm³/mol. The number of non-ortho nitro benzene ring substituents is 1. The standard InChI is InChI=1S/C15H11N3O5S2/c1-25(21,22)23-17-14(10-6-8-11(9-7-10)18(19)20)15-16-12-4-2-3-5-13(12)24-15/h2-9H,1H3/b17-14+. The monoisotopic (exact) mass is 377 g/mol. The summed E-state index contributed by atoms with van der Waals surface area (Å²) in [5.74, 6) is 0. The van der Waals surface area contributed by atoms with E-state index in [1.807, 2.05) is 24.3 Å². The minimum absolute atomic E-state index is 0.0866. The number of nitro groups is 1. The molecule has 0 amide bonds. The molecule has 1 aromatic heterocycles. The molecule has 25 heavy (non-hydrogen) atoms. The third-order valence-corrected chi connectivity index (χ3v) is 4.50. The van der Waals surface area contributed by atoms with E-state index in [-0.39, 0.29) is 11.4 Å². The molecule has 0 atom stereocenters. The summed E-state index contributed by atoms with van der Waals surface area (Å²) in [6.45, 7) is 0. The number of rotatable bonds is 5. The molecule has 0 radical (unpaired) electrons. The Balaban J connectivity index is 2.10. The van der Waals surface area contributed by atoms with Crippen LogP contribution in [0.25, 0.3) is 10.2 Å². The van der Waals surface area contributed by atoms with Crippen molar-refractivity contribution < 1.29 is 17.6 Å². The maximum atomic E-state index is 11.3. The van der Waals surface area contributed by atoms with Crippen LogP contribution in [0.4, 0.5) is 5.69 Å². The summed E-state index contributed by atoms with van der Waals surface area (Å²) in [5.41, 5.74) is 1.28. The van der Waals surface area contributed by atoms with E-state index in [4.69, 9.17) is 0 Å². The van der Waals surface area contributed by atoms with E-state index in [0.29, 0.717) is 10.6 Å². The molecule has 0 unspecified atom stereocenters. The van der Waals surface area contributed by atoms with Crippen LogP contribution in [0, 0.1) is 10.1 Å². The minimum Gasteiger partial charge on any atom is -0.268 e. The molecule has 0 N–H and O–H groups in total. The smallest absolute Gasteiger partial charge is 0.268 e. The van der Waals surface area contributed by atoms with Crippen molar-refractivity contribution in [1.82, 2.24) is 4.98 Å².